The Labute approximate surface area is 147 Å². The molecule has 0 spiro atoms. The molecule has 4 nitrogen and oxygen atoms in total. The number of guanidine groups is 1. The number of nitrogens with one attached hydrogen (secondary N) is 2. The molecule has 1 unspecified atom stereocenters. The van der Waals surface area contributed by atoms with Crippen LogP contribution in [0.15, 0.2) is 4.99 Å². The summed E-state index contributed by atoms with van der Waals surface area (Å²) in [6.45, 7) is 8.38. The molecule has 0 aromatic heterocycles. The third-order valence-electron chi connectivity index (χ3n) is 4.11. The van der Waals surface area contributed by atoms with E-state index in [4.69, 9.17) is 4.74 Å². The molecule has 0 heterocycles. The summed E-state index contributed by atoms with van der Waals surface area (Å²) in [5.41, 5.74) is 0. The van der Waals surface area contributed by atoms with Crippen molar-refractivity contribution >= 4 is 29.9 Å². The smallest absolute Gasteiger partial charge is 0.191 e. The summed E-state index contributed by atoms with van der Waals surface area (Å²) in [5.74, 6) is 1.49. The molecule has 5 heteroatoms. The Bertz CT molecular complexity index is 279. The highest BCUT2D eigenvalue weighted by Gasteiger charge is 2.13. The molecule has 1 aliphatic carbocycles. The van der Waals surface area contributed by atoms with E-state index in [2.05, 4.69) is 36.4 Å². The molecule has 1 fully saturated rings. The Morgan fingerprint density at radius 2 is 1.86 bits per heavy atom. The third kappa shape index (κ3) is 9.55. The fourth-order valence-corrected chi connectivity index (χ4v) is 2.34. The zero-order valence-electron chi connectivity index (χ0n) is 14.2. The number of aliphatic imine (C=N–C) groups is 1. The van der Waals surface area contributed by atoms with Gasteiger partial charge in [-0.05, 0) is 32.1 Å². The molecule has 2 N–H and O–H groups in total. The van der Waals surface area contributed by atoms with Gasteiger partial charge >= 0.3 is 0 Å². The average molecular weight is 411 g/mol. The molecular weight excluding hydrogens is 377 g/mol. The molecule has 0 bridgehead atoms. The van der Waals surface area contributed by atoms with Gasteiger partial charge in [0.2, 0.25) is 0 Å². The van der Waals surface area contributed by atoms with Gasteiger partial charge in [0, 0.05) is 26.2 Å². The van der Waals surface area contributed by atoms with Gasteiger partial charge in [0.15, 0.2) is 5.96 Å². The predicted molar refractivity (Wildman–Crippen MR) is 102 cm³/mol. The first kappa shape index (κ1) is 21.0. The summed E-state index contributed by atoms with van der Waals surface area (Å²) in [5, 5.41) is 6.76. The zero-order valence-corrected chi connectivity index (χ0v) is 16.5. The van der Waals surface area contributed by atoms with Crippen molar-refractivity contribution < 1.29 is 4.74 Å². The molecule has 1 aliphatic rings. The molecule has 1 saturated carbocycles. The lowest BCUT2D eigenvalue weighted by molar-refractivity contribution is 0.0277. The Morgan fingerprint density at radius 3 is 2.43 bits per heavy atom. The molecule has 0 radical (unpaired) electrons. The minimum atomic E-state index is 0. The summed E-state index contributed by atoms with van der Waals surface area (Å²) in [6, 6.07) is 0.430. The second kappa shape index (κ2) is 12.5. The Morgan fingerprint density at radius 1 is 1.19 bits per heavy atom. The van der Waals surface area contributed by atoms with Crippen molar-refractivity contribution in [1.82, 2.24) is 10.6 Å². The van der Waals surface area contributed by atoms with Crippen molar-refractivity contribution in [2.45, 2.75) is 71.4 Å². The maximum absolute atomic E-state index is 5.92. The van der Waals surface area contributed by atoms with E-state index in [0.717, 1.165) is 25.5 Å². The molecular formula is C16H34IN3O. The van der Waals surface area contributed by atoms with E-state index in [1.807, 2.05) is 7.05 Å². The highest BCUT2D eigenvalue weighted by atomic mass is 127. The van der Waals surface area contributed by atoms with E-state index in [1.165, 1.54) is 32.1 Å². The Kier molecular flexibility index (Phi) is 12.5. The van der Waals surface area contributed by atoms with Crippen LogP contribution in [0, 0.1) is 5.92 Å². The minimum Gasteiger partial charge on any atom is -0.378 e. The number of hydrogen-bond donors (Lipinski definition) is 2. The molecule has 0 aliphatic heterocycles. The summed E-state index contributed by atoms with van der Waals surface area (Å²) in [6.07, 6.45) is 8.12. The van der Waals surface area contributed by atoms with Gasteiger partial charge in [-0.3, -0.25) is 4.99 Å². The number of rotatable bonds is 7. The lowest BCUT2D eigenvalue weighted by Gasteiger charge is -2.22. The van der Waals surface area contributed by atoms with Gasteiger partial charge in [0.05, 0.1) is 6.10 Å². The first-order valence-electron chi connectivity index (χ1n) is 8.22. The van der Waals surface area contributed by atoms with Crippen LogP contribution in [-0.4, -0.2) is 38.3 Å². The largest absolute Gasteiger partial charge is 0.378 e. The van der Waals surface area contributed by atoms with Gasteiger partial charge in [0.1, 0.15) is 0 Å². The maximum Gasteiger partial charge on any atom is 0.191 e. The first-order chi connectivity index (χ1) is 9.63. The van der Waals surface area contributed by atoms with Crippen molar-refractivity contribution in [3.05, 3.63) is 0 Å². The van der Waals surface area contributed by atoms with Crippen molar-refractivity contribution in [2.75, 3.05) is 20.2 Å². The molecule has 126 valence electrons. The molecule has 1 rings (SSSR count). The van der Waals surface area contributed by atoms with Gasteiger partial charge in [-0.25, -0.2) is 0 Å². The first-order valence-corrected chi connectivity index (χ1v) is 8.22. The number of ether oxygens (including phenoxy) is 1. The quantitative estimate of drug-likeness (QED) is 0.292. The van der Waals surface area contributed by atoms with E-state index in [9.17, 15) is 0 Å². The van der Waals surface area contributed by atoms with E-state index in [0.29, 0.717) is 18.1 Å². The van der Waals surface area contributed by atoms with Crippen LogP contribution in [0.25, 0.3) is 0 Å². The highest BCUT2D eigenvalue weighted by Crippen LogP contribution is 2.20. The van der Waals surface area contributed by atoms with Crippen molar-refractivity contribution in [3.8, 4) is 0 Å². The van der Waals surface area contributed by atoms with Crippen LogP contribution in [0.3, 0.4) is 0 Å². The third-order valence-corrected chi connectivity index (χ3v) is 4.11. The standard InChI is InChI=1S/C16H33N3O.HI/c1-13(2)14(3)19-16(17-4)18-11-8-12-20-15-9-6-5-7-10-15;/h13-15H,5-12H2,1-4H3,(H2,17,18,19);1H. The van der Waals surface area contributed by atoms with Crippen LogP contribution >= 0.6 is 24.0 Å². The van der Waals surface area contributed by atoms with Crippen LogP contribution in [0.1, 0.15) is 59.3 Å². The summed E-state index contributed by atoms with van der Waals surface area (Å²) in [7, 11) is 1.82. The lowest BCUT2D eigenvalue weighted by atomic mass is 9.98. The molecule has 1 atom stereocenters. The summed E-state index contributed by atoms with van der Waals surface area (Å²) < 4.78 is 5.92. The van der Waals surface area contributed by atoms with Crippen molar-refractivity contribution in [1.29, 1.82) is 0 Å². The van der Waals surface area contributed by atoms with Crippen molar-refractivity contribution in [2.24, 2.45) is 10.9 Å². The van der Waals surface area contributed by atoms with Gasteiger partial charge in [-0.2, -0.15) is 0 Å². The molecule has 21 heavy (non-hydrogen) atoms. The Balaban J connectivity index is 0.00000400. The van der Waals surface area contributed by atoms with Crippen LogP contribution in [0.4, 0.5) is 0 Å². The highest BCUT2D eigenvalue weighted by molar-refractivity contribution is 14.0. The van der Waals surface area contributed by atoms with Crippen molar-refractivity contribution in [3.63, 3.8) is 0 Å². The molecule has 0 amide bonds. The SMILES string of the molecule is CN=C(NCCCOC1CCCCC1)NC(C)C(C)C.I. The number of nitrogens with zero attached hydrogens (tertiary/aromatic N) is 1. The Hall–Kier alpha value is -0.0400. The van der Waals surface area contributed by atoms with Gasteiger partial charge in [0.25, 0.3) is 0 Å². The summed E-state index contributed by atoms with van der Waals surface area (Å²) in [4.78, 5) is 4.25. The van der Waals surface area contributed by atoms with Crippen LogP contribution in [-0.2, 0) is 4.74 Å². The monoisotopic (exact) mass is 411 g/mol. The second-order valence-corrected chi connectivity index (χ2v) is 6.16. The fourth-order valence-electron chi connectivity index (χ4n) is 2.34. The van der Waals surface area contributed by atoms with Gasteiger partial charge in [-0.15, -0.1) is 24.0 Å². The molecule has 0 saturated heterocycles. The average Bonchev–Trinajstić information content (AvgIpc) is 2.46. The molecule has 0 aromatic carbocycles. The van der Waals surface area contributed by atoms with Gasteiger partial charge in [-0.1, -0.05) is 33.1 Å². The van der Waals surface area contributed by atoms with E-state index >= 15 is 0 Å². The second-order valence-electron chi connectivity index (χ2n) is 6.16. The summed E-state index contributed by atoms with van der Waals surface area (Å²) >= 11 is 0. The fraction of sp³-hybridized carbons (Fsp3) is 0.938. The van der Waals surface area contributed by atoms with Crippen LogP contribution < -0.4 is 10.6 Å². The van der Waals surface area contributed by atoms with E-state index in [1.54, 1.807) is 0 Å². The van der Waals surface area contributed by atoms with E-state index < -0.39 is 0 Å². The van der Waals surface area contributed by atoms with Crippen LogP contribution in [0.2, 0.25) is 0 Å². The minimum absolute atomic E-state index is 0. The topological polar surface area (TPSA) is 45.7 Å². The lowest BCUT2D eigenvalue weighted by Crippen LogP contribution is -2.44. The molecule has 0 aromatic rings. The zero-order chi connectivity index (χ0) is 14.8. The number of hydrogen-bond acceptors (Lipinski definition) is 2. The maximum atomic E-state index is 5.92. The predicted octanol–water partition coefficient (Wildman–Crippen LogP) is 3.55. The van der Waals surface area contributed by atoms with Gasteiger partial charge < -0.3 is 15.4 Å². The van der Waals surface area contributed by atoms with Crippen LogP contribution in [0.5, 0.6) is 0 Å². The normalized spacial score (nSPS) is 18.2. The number of halogens is 1. The van der Waals surface area contributed by atoms with E-state index in [-0.39, 0.29) is 24.0 Å².